The van der Waals surface area contributed by atoms with Crippen LogP contribution in [0.1, 0.15) is 80.1 Å². The molecule has 0 saturated carbocycles. The van der Waals surface area contributed by atoms with Gasteiger partial charge in [0.15, 0.2) is 0 Å². The van der Waals surface area contributed by atoms with Crippen LogP contribution in [0.15, 0.2) is 0 Å². The number of likely N-dealkylation sites (N-methyl/N-ethyl adjacent to an activating group) is 1. The van der Waals surface area contributed by atoms with Gasteiger partial charge in [-0.2, -0.15) is 0 Å². The molecule has 0 aromatic heterocycles. The van der Waals surface area contributed by atoms with Gasteiger partial charge in [-0.05, 0) is 56.9 Å². The van der Waals surface area contributed by atoms with Crippen LogP contribution < -0.4 is 5.32 Å². The van der Waals surface area contributed by atoms with Crippen molar-refractivity contribution in [3.05, 3.63) is 0 Å². The van der Waals surface area contributed by atoms with Crippen molar-refractivity contribution in [1.82, 2.24) is 10.2 Å². The van der Waals surface area contributed by atoms with Crippen LogP contribution in [0.25, 0.3) is 0 Å². The van der Waals surface area contributed by atoms with Gasteiger partial charge in [-0.15, -0.1) is 0 Å². The van der Waals surface area contributed by atoms with Gasteiger partial charge in [-0.1, -0.05) is 48.0 Å². The molecule has 0 fully saturated rings. The highest BCUT2D eigenvalue weighted by atomic mass is 16.5. The summed E-state index contributed by atoms with van der Waals surface area (Å²) in [5, 5.41) is 2.84. The molecule has 0 aromatic rings. The summed E-state index contributed by atoms with van der Waals surface area (Å²) < 4.78 is 22.5. The Hall–Kier alpha value is -0.730. The maximum Gasteiger partial charge on any atom is 0.222 e. The van der Waals surface area contributed by atoms with Crippen LogP contribution >= 0.6 is 0 Å². The number of nitrogens with zero attached hydrogens (tertiary/aromatic N) is 1. The predicted molar refractivity (Wildman–Crippen MR) is 149 cm³/mol. The standard InChI is InChI=1S/C29H60N2O5/c1-25(2)10-8-16-33-21-23-36-19-15-31(7)24-28(6)13-12-27(5)11-9-17-34-20-22-35-18-14-30-29(32)26(3)4/h25-28H,8-24H2,1-7H3,(H,30,32). The van der Waals surface area contributed by atoms with Crippen molar-refractivity contribution in [2.75, 3.05) is 79.5 Å². The van der Waals surface area contributed by atoms with Gasteiger partial charge in [0.2, 0.25) is 5.91 Å². The van der Waals surface area contributed by atoms with Crippen molar-refractivity contribution in [3.8, 4) is 0 Å². The first-order valence-electron chi connectivity index (χ1n) is 14.5. The summed E-state index contributed by atoms with van der Waals surface area (Å²) in [6, 6.07) is 0. The number of hydrogen-bond donors (Lipinski definition) is 1. The molecule has 0 bridgehead atoms. The first-order chi connectivity index (χ1) is 17.2. The van der Waals surface area contributed by atoms with Gasteiger partial charge in [0.25, 0.3) is 0 Å². The molecular weight excluding hydrogens is 456 g/mol. The minimum Gasteiger partial charge on any atom is -0.379 e. The molecule has 0 aromatic carbocycles. The van der Waals surface area contributed by atoms with E-state index in [2.05, 4.69) is 45.0 Å². The first kappa shape index (κ1) is 35.3. The molecule has 216 valence electrons. The van der Waals surface area contributed by atoms with Crippen molar-refractivity contribution in [1.29, 1.82) is 0 Å². The third-order valence-corrected chi connectivity index (χ3v) is 6.26. The van der Waals surface area contributed by atoms with E-state index in [0.717, 1.165) is 57.6 Å². The number of carbonyl (C=O) groups is 1. The molecular formula is C29H60N2O5. The van der Waals surface area contributed by atoms with E-state index in [1.165, 1.54) is 25.7 Å². The topological polar surface area (TPSA) is 69.3 Å². The van der Waals surface area contributed by atoms with E-state index >= 15 is 0 Å². The monoisotopic (exact) mass is 516 g/mol. The maximum absolute atomic E-state index is 11.4. The highest BCUT2D eigenvalue weighted by Crippen LogP contribution is 2.17. The minimum atomic E-state index is 0.0189. The highest BCUT2D eigenvalue weighted by molar-refractivity contribution is 5.77. The fourth-order valence-corrected chi connectivity index (χ4v) is 3.87. The average Bonchev–Trinajstić information content (AvgIpc) is 2.82. The fourth-order valence-electron chi connectivity index (χ4n) is 3.87. The van der Waals surface area contributed by atoms with Gasteiger partial charge in [-0.25, -0.2) is 0 Å². The summed E-state index contributed by atoms with van der Waals surface area (Å²) in [6.07, 6.45) is 7.21. The largest absolute Gasteiger partial charge is 0.379 e. The quantitative estimate of drug-likeness (QED) is 0.163. The van der Waals surface area contributed by atoms with E-state index in [1.807, 2.05) is 13.8 Å². The highest BCUT2D eigenvalue weighted by Gasteiger charge is 2.10. The van der Waals surface area contributed by atoms with Crippen LogP contribution in [-0.4, -0.2) is 90.3 Å². The van der Waals surface area contributed by atoms with Gasteiger partial charge >= 0.3 is 0 Å². The zero-order chi connectivity index (χ0) is 27.0. The van der Waals surface area contributed by atoms with Crippen molar-refractivity contribution in [2.45, 2.75) is 80.1 Å². The molecule has 36 heavy (non-hydrogen) atoms. The summed E-state index contributed by atoms with van der Waals surface area (Å²) >= 11 is 0. The Kier molecular flexibility index (Phi) is 24.1. The third kappa shape index (κ3) is 24.9. The fraction of sp³-hybridized carbons (Fsp3) is 0.966. The Balaban J connectivity index is 3.48. The Morgan fingerprint density at radius 3 is 1.78 bits per heavy atom. The first-order valence-corrected chi connectivity index (χ1v) is 14.5. The molecule has 2 atom stereocenters. The van der Waals surface area contributed by atoms with Crippen LogP contribution in [0.2, 0.25) is 0 Å². The number of amides is 1. The average molecular weight is 517 g/mol. The predicted octanol–water partition coefficient (Wildman–Crippen LogP) is 5.03. The summed E-state index contributed by atoms with van der Waals surface area (Å²) in [5.74, 6) is 2.27. The lowest BCUT2D eigenvalue weighted by molar-refractivity contribution is -0.124. The normalized spacial score (nSPS) is 13.6. The van der Waals surface area contributed by atoms with Gasteiger partial charge in [0.05, 0.1) is 39.6 Å². The number of nitrogens with one attached hydrogen (secondary N) is 1. The van der Waals surface area contributed by atoms with Crippen molar-refractivity contribution < 1.29 is 23.7 Å². The molecule has 0 saturated heterocycles. The van der Waals surface area contributed by atoms with E-state index in [-0.39, 0.29) is 11.8 Å². The second-order valence-corrected chi connectivity index (χ2v) is 11.1. The minimum absolute atomic E-state index is 0.0189. The molecule has 0 aliphatic carbocycles. The van der Waals surface area contributed by atoms with Crippen LogP contribution in [-0.2, 0) is 23.7 Å². The number of hydrogen-bond acceptors (Lipinski definition) is 6. The molecule has 1 amide bonds. The summed E-state index contributed by atoms with van der Waals surface area (Å²) in [5.41, 5.74) is 0. The van der Waals surface area contributed by atoms with E-state index in [4.69, 9.17) is 18.9 Å². The summed E-state index contributed by atoms with van der Waals surface area (Å²) in [4.78, 5) is 13.8. The molecule has 2 unspecified atom stereocenters. The van der Waals surface area contributed by atoms with Gasteiger partial charge in [-0.3, -0.25) is 4.79 Å². The lowest BCUT2D eigenvalue weighted by Crippen LogP contribution is -2.31. The van der Waals surface area contributed by atoms with Crippen molar-refractivity contribution in [2.24, 2.45) is 23.7 Å². The Morgan fingerprint density at radius 2 is 1.19 bits per heavy atom. The maximum atomic E-state index is 11.4. The molecule has 7 heteroatoms. The van der Waals surface area contributed by atoms with Crippen molar-refractivity contribution >= 4 is 5.91 Å². The molecule has 0 rings (SSSR count). The Labute approximate surface area is 223 Å². The number of rotatable bonds is 26. The van der Waals surface area contributed by atoms with E-state index < -0.39 is 0 Å². The van der Waals surface area contributed by atoms with Crippen molar-refractivity contribution in [3.63, 3.8) is 0 Å². The van der Waals surface area contributed by atoms with Gasteiger partial charge < -0.3 is 29.2 Å². The van der Waals surface area contributed by atoms with E-state index in [0.29, 0.717) is 45.5 Å². The smallest absolute Gasteiger partial charge is 0.222 e. The molecule has 1 N–H and O–H groups in total. The molecule has 0 aliphatic heterocycles. The Morgan fingerprint density at radius 1 is 0.667 bits per heavy atom. The van der Waals surface area contributed by atoms with E-state index in [9.17, 15) is 4.79 Å². The molecule has 7 nitrogen and oxygen atoms in total. The molecule has 0 radical (unpaired) electrons. The van der Waals surface area contributed by atoms with Crippen LogP contribution in [0, 0.1) is 23.7 Å². The zero-order valence-corrected chi connectivity index (χ0v) is 24.8. The SMILES string of the molecule is CC(C)CCCOCCOCCN(C)CC(C)CCC(C)CCCOCCOCCNC(=O)C(C)C. The van der Waals surface area contributed by atoms with Crippen LogP contribution in [0.5, 0.6) is 0 Å². The third-order valence-electron chi connectivity index (χ3n) is 6.26. The van der Waals surface area contributed by atoms with E-state index in [1.54, 1.807) is 0 Å². The molecule has 0 heterocycles. The zero-order valence-electron chi connectivity index (χ0n) is 24.8. The summed E-state index contributed by atoms with van der Waals surface area (Å²) in [7, 11) is 2.19. The Bertz CT molecular complexity index is 490. The number of carbonyl (C=O) groups excluding carboxylic acids is 1. The van der Waals surface area contributed by atoms with Gasteiger partial charge in [0, 0.05) is 38.8 Å². The van der Waals surface area contributed by atoms with Crippen LogP contribution in [0.3, 0.4) is 0 Å². The molecule has 0 spiro atoms. The molecule has 0 aliphatic rings. The number of ether oxygens (including phenoxy) is 4. The lowest BCUT2D eigenvalue weighted by Gasteiger charge is -2.22. The lowest BCUT2D eigenvalue weighted by atomic mass is 9.94. The second kappa shape index (κ2) is 24.6. The summed E-state index contributed by atoms with van der Waals surface area (Å²) in [6.45, 7) is 21.2. The van der Waals surface area contributed by atoms with Gasteiger partial charge in [0.1, 0.15) is 0 Å². The van der Waals surface area contributed by atoms with Crippen LogP contribution in [0.4, 0.5) is 0 Å². The second-order valence-electron chi connectivity index (χ2n) is 11.1.